The predicted molar refractivity (Wildman–Crippen MR) is 73.6 cm³/mol. The van der Waals surface area contributed by atoms with Gasteiger partial charge in [-0.2, -0.15) is 0 Å². The monoisotopic (exact) mass is 282 g/mol. The Hall–Kier alpha value is -2.11. The molecular weight excluding hydrogens is 263 g/mol. The van der Waals surface area contributed by atoms with Crippen LogP contribution in [-0.2, 0) is 9.53 Å². The average molecular weight is 282 g/mol. The summed E-state index contributed by atoms with van der Waals surface area (Å²) in [7, 11) is 0. The molecular formula is C14H19FN2O3. The van der Waals surface area contributed by atoms with Crippen molar-refractivity contribution in [3.8, 4) is 0 Å². The molecule has 1 atom stereocenters. The summed E-state index contributed by atoms with van der Waals surface area (Å²) >= 11 is 0. The number of benzene rings is 1. The summed E-state index contributed by atoms with van der Waals surface area (Å²) in [4.78, 5) is 25.3. The second kappa shape index (κ2) is 6.88. The summed E-state index contributed by atoms with van der Waals surface area (Å²) in [5.41, 5.74) is 5.38. The molecule has 1 unspecified atom stereocenters. The summed E-state index contributed by atoms with van der Waals surface area (Å²) in [6.45, 7) is 6.17. The van der Waals surface area contributed by atoms with E-state index in [1.54, 1.807) is 0 Å². The van der Waals surface area contributed by atoms with Crippen molar-refractivity contribution >= 4 is 17.6 Å². The van der Waals surface area contributed by atoms with Crippen molar-refractivity contribution < 1.29 is 18.7 Å². The zero-order chi connectivity index (χ0) is 15.3. The summed E-state index contributed by atoms with van der Waals surface area (Å²) in [6, 6.07) is 3.67. The molecule has 0 aliphatic heterocycles. The Kier molecular flexibility index (Phi) is 5.49. The lowest BCUT2D eigenvalue weighted by atomic mass is 10.2. The van der Waals surface area contributed by atoms with Crippen molar-refractivity contribution in [3.63, 3.8) is 0 Å². The molecule has 2 N–H and O–H groups in total. The van der Waals surface area contributed by atoms with Crippen LogP contribution in [0.1, 0.15) is 31.1 Å². The minimum absolute atomic E-state index is 0.214. The van der Waals surface area contributed by atoms with E-state index in [0.717, 1.165) is 6.07 Å². The Bertz CT molecular complexity index is 501. The van der Waals surface area contributed by atoms with Crippen LogP contribution in [0.15, 0.2) is 18.2 Å². The normalized spacial score (nSPS) is 11.8. The number of halogens is 1. The van der Waals surface area contributed by atoms with E-state index in [0.29, 0.717) is 13.1 Å². The Morgan fingerprint density at radius 2 is 1.95 bits per heavy atom. The number of nitrogens with zero attached hydrogens (tertiary/aromatic N) is 1. The lowest BCUT2D eigenvalue weighted by Crippen LogP contribution is -2.39. The van der Waals surface area contributed by atoms with Crippen molar-refractivity contribution in [2.75, 3.05) is 18.8 Å². The number of ether oxygens (including phenoxy) is 1. The van der Waals surface area contributed by atoms with E-state index >= 15 is 0 Å². The molecule has 0 fully saturated rings. The lowest BCUT2D eigenvalue weighted by Gasteiger charge is -2.22. The molecule has 1 rings (SSSR count). The molecule has 1 aromatic rings. The van der Waals surface area contributed by atoms with Gasteiger partial charge in [0, 0.05) is 18.8 Å². The van der Waals surface area contributed by atoms with Crippen molar-refractivity contribution in [2.45, 2.75) is 26.9 Å². The van der Waals surface area contributed by atoms with Gasteiger partial charge in [-0.3, -0.25) is 4.79 Å². The van der Waals surface area contributed by atoms with E-state index < -0.39 is 17.9 Å². The van der Waals surface area contributed by atoms with Crippen molar-refractivity contribution in [2.24, 2.45) is 0 Å². The number of nitrogen functional groups attached to an aromatic ring is 1. The summed E-state index contributed by atoms with van der Waals surface area (Å²) in [5.74, 6) is -1.95. The Balaban J connectivity index is 2.77. The maximum absolute atomic E-state index is 13.6. The molecule has 0 spiro atoms. The molecule has 5 nitrogen and oxygen atoms in total. The second-order valence-electron chi connectivity index (χ2n) is 4.30. The van der Waals surface area contributed by atoms with E-state index in [9.17, 15) is 14.0 Å². The van der Waals surface area contributed by atoms with Crippen molar-refractivity contribution in [3.05, 3.63) is 29.6 Å². The number of rotatable bonds is 5. The minimum Gasteiger partial charge on any atom is -0.449 e. The second-order valence-corrected chi connectivity index (χ2v) is 4.30. The summed E-state index contributed by atoms with van der Waals surface area (Å²) in [5, 5.41) is 0. The van der Waals surface area contributed by atoms with Crippen LogP contribution in [0.3, 0.4) is 0 Å². The van der Waals surface area contributed by atoms with Crippen LogP contribution < -0.4 is 5.73 Å². The predicted octanol–water partition coefficient (Wildman–Crippen LogP) is 1.82. The van der Waals surface area contributed by atoms with Crippen LogP contribution in [0, 0.1) is 5.82 Å². The third-order valence-electron chi connectivity index (χ3n) is 2.92. The zero-order valence-corrected chi connectivity index (χ0v) is 11.9. The molecule has 0 saturated carbocycles. The lowest BCUT2D eigenvalue weighted by molar-refractivity contribution is -0.139. The van der Waals surface area contributed by atoms with Gasteiger partial charge in [-0.25, -0.2) is 9.18 Å². The molecule has 0 heterocycles. The number of likely N-dealkylation sites (N-methyl/N-ethyl adjacent to an activating group) is 1. The molecule has 20 heavy (non-hydrogen) atoms. The number of nitrogens with two attached hydrogens (primary N) is 1. The van der Waals surface area contributed by atoms with Gasteiger partial charge in [0.2, 0.25) is 0 Å². The van der Waals surface area contributed by atoms with Gasteiger partial charge in [0.15, 0.2) is 6.10 Å². The maximum atomic E-state index is 13.6. The van der Waals surface area contributed by atoms with Gasteiger partial charge in [0.1, 0.15) is 5.82 Å². The first-order chi connectivity index (χ1) is 9.40. The van der Waals surface area contributed by atoms with Gasteiger partial charge in [0.05, 0.1) is 5.56 Å². The van der Waals surface area contributed by atoms with Gasteiger partial charge in [-0.15, -0.1) is 0 Å². The highest BCUT2D eigenvalue weighted by Gasteiger charge is 2.24. The number of esters is 1. The third kappa shape index (κ3) is 3.69. The molecule has 110 valence electrons. The molecule has 0 radical (unpaired) electrons. The molecule has 1 aromatic carbocycles. The standard InChI is InChI=1S/C14H19FN2O3/c1-4-17(5-2)13(18)9(3)20-14(19)11-7-6-10(16)8-12(11)15/h6-9H,4-5,16H2,1-3H3. The van der Waals surface area contributed by atoms with Gasteiger partial charge < -0.3 is 15.4 Å². The summed E-state index contributed by atoms with van der Waals surface area (Å²) in [6.07, 6.45) is -0.959. The van der Waals surface area contributed by atoms with E-state index in [1.165, 1.54) is 24.0 Å². The van der Waals surface area contributed by atoms with Crippen LogP contribution in [-0.4, -0.2) is 36.0 Å². The van der Waals surface area contributed by atoms with E-state index in [-0.39, 0.29) is 17.2 Å². The number of amides is 1. The van der Waals surface area contributed by atoms with Crippen LogP contribution >= 0.6 is 0 Å². The topological polar surface area (TPSA) is 72.6 Å². The SMILES string of the molecule is CCN(CC)C(=O)C(C)OC(=O)c1ccc(N)cc1F. The van der Waals surface area contributed by atoms with Crippen molar-refractivity contribution in [1.82, 2.24) is 4.90 Å². The highest BCUT2D eigenvalue weighted by Crippen LogP contribution is 2.14. The van der Waals surface area contributed by atoms with Crippen LogP contribution in [0.5, 0.6) is 0 Å². The molecule has 0 aliphatic carbocycles. The van der Waals surface area contributed by atoms with Gasteiger partial charge in [0.25, 0.3) is 5.91 Å². The largest absolute Gasteiger partial charge is 0.449 e. The first kappa shape index (κ1) is 15.9. The Morgan fingerprint density at radius 1 is 1.35 bits per heavy atom. The quantitative estimate of drug-likeness (QED) is 0.660. The number of carbonyl (C=O) groups is 2. The highest BCUT2D eigenvalue weighted by atomic mass is 19.1. The van der Waals surface area contributed by atoms with Crippen LogP contribution in [0.2, 0.25) is 0 Å². The Labute approximate surface area is 117 Å². The molecule has 0 aromatic heterocycles. The third-order valence-corrected chi connectivity index (χ3v) is 2.92. The fraction of sp³-hybridized carbons (Fsp3) is 0.429. The van der Waals surface area contributed by atoms with E-state index in [4.69, 9.17) is 10.5 Å². The van der Waals surface area contributed by atoms with Gasteiger partial charge in [-0.05, 0) is 39.0 Å². The van der Waals surface area contributed by atoms with E-state index in [2.05, 4.69) is 0 Å². The first-order valence-corrected chi connectivity index (χ1v) is 6.45. The highest BCUT2D eigenvalue weighted by molar-refractivity contribution is 5.92. The van der Waals surface area contributed by atoms with Crippen LogP contribution in [0.4, 0.5) is 10.1 Å². The van der Waals surface area contributed by atoms with Crippen LogP contribution in [0.25, 0.3) is 0 Å². The molecule has 0 saturated heterocycles. The molecule has 1 amide bonds. The number of hydrogen-bond donors (Lipinski definition) is 1. The first-order valence-electron chi connectivity index (χ1n) is 6.45. The fourth-order valence-corrected chi connectivity index (χ4v) is 1.76. The smallest absolute Gasteiger partial charge is 0.341 e. The van der Waals surface area contributed by atoms with Gasteiger partial charge in [-0.1, -0.05) is 0 Å². The molecule has 0 bridgehead atoms. The Morgan fingerprint density at radius 3 is 2.45 bits per heavy atom. The zero-order valence-electron chi connectivity index (χ0n) is 11.9. The number of carbonyl (C=O) groups excluding carboxylic acids is 2. The minimum atomic E-state index is -0.959. The van der Waals surface area contributed by atoms with Crippen molar-refractivity contribution in [1.29, 1.82) is 0 Å². The van der Waals surface area contributed by atoms with E-state index in [1.807, 2.05) is 13.8 Å². The molecule has 0 aliphatic rings. The van der Waals surface area contributed by atoms with Gasteiger partial charge >= 0.3 is 5.97 Å². The number of hydrogen-bond acceptors (Lipinski definition) is 4. The average Bonchev–Trinajstić information content (AvgIpc) is 2.39. The summed E-state index contributed by atoms with van der Waals surface area (Å²) < 4.78 is 18.6. The molecule has 6 heteroatoms. The number of anilines is 1. The fourth-order valence-electron chi connectivity index (χ4n) is 1.76. The maximum Gasteiger partial charge on any atom is 0.341 e.